The number of rotatable bonds is 4. The lowest BCUT2D eigenvalue weighted by molar-refractivity contribution is 0.330. The van der Waals surface area contributed by atoms with Crippen LogP contribution in [0.4, 0.5) is 5.82 Å². The number of H-pyrrole nitrogens is 1. The van der Waals surface area contributed by atoms with E-state index in [-0.39, 0.29) is 11.7 Å². The van der Waals surface area contributed by atoms with Crippen molar-refractivity contribution in [2.75, 3.05) is 18.8 Å². The van der Waals surface area contributed by atoms with Gasteiger partial charge in [-0.3, -0.25) is 9.47 Å². The maximum atomic E-state index is 12.9. The number of aromatic amines is 1. The molecule has 0 amide bonds. The molecule has 5 rings (SSSR count). The number of benzene rings is 2. The standard InChI is InChI=1S/C24H27N5O/c1-15-13-17(9-10-18(15)14-28-11-5-6-12-28)16(2)29-22-19-7-3-4-8-20(19)26-23(25)21(22)27-24(29)30/h3-4,7-10,13,16H,5-6,11-12,14H2,1-2H3,(H2,25,26)(H,27,30)/t16-/m0/s1. The molecule has 3 N–H and O–H groups in total. The molecule has 0 radical (unpaired) electrons. The molecule has 2 aromatic carbocycles. The fraction of sp³-hybridized carbons (Fsp3) is 0.333. The molecule has 1 aliphatic heterocycles. The van der Waals surface area contributed by atoms with Gasteiger partial charge in [-0.1, -0.05) is 36.4 Å². The van der Waals surface area contributed by atoms with Gasteiger partial charge in [-0.25, -0.2) is 9.78 Å². The van der Waals surface area contributed by atoms with Gasteiger partial charge < -0.3 is 10.7 Å². The Balaban J connectivity index is 1.59. The summed E-state index contributed by atoms with van der Waals surface area (Å²) < 4.78 is 1.81. The number of nitrogens with two attached hydrogens (primary N) is 1. The van der Waals surface area contributed by atoms with Crippen molar-refractivity contribution in [2.24, 2.45) is 0 Å². The zero-order valence-corrected chi connectivity index (χ0v) is 17.5. The average Bonchev–Trinajstić information content (AvgIpc) is 3.37. The molecule has 4 aromatic rings. The molecule has 0 aliphatic carbocycles. The number of nitrogens with zero attached hydrogens (tertiary/aromatic N) is 3. The van der Waals surface area contributed by atoms with Crippen molar-refractivity contribution >= 4 is 27.8 Å². The molecule has 1 saturated heterocycles. The van der Waals surface area contributed by atoms with Gasteiger partial charge in [0.25, 0.3) is 0 Å². The number of pyridine rings is 1. The molecule has 0 bridgehead atoms. The van der Waals surface area contributed by atoms with Crippen LogP contribution in [0.1, 0.15) is 42.5 Å². The molecule has 1 aliphatic rings. The number of fused-ring (bicyclic) bond motifs is 3. The molecule has 6 nitrogen and oxygen atoms in total. The van der Waals surface area contributed by atoms with Crippen LogP contribution >= 0.6 is 0 Å². The summed E-state index contributed by atoms with van der Waals surface area (Å²) in [5, 5.41) is 0.925. The molecule has 3 heterocycles. The lowest BCUT2D eigenvalue weighted by Crippen LogP contribution is -2.22. The van der Waals surface area contributed by atoms with E-state index in [1.165, 1.54) is 37.1 Å². The number of hydrogen-bond acceptors (Lipinski definition) is 4. The van der Waals surface area contributed by atoms with Gasteiger partial charge in [-0.15, -0.1) is 0 Å². The molecule has 30 heavy (non-hydrogen) atoms. The summed E-state index contributed by atoms with van der Waals surface area (Å²) in [7, 11) is 0. The Hall–Kier alpha value is -3.12. The van der Waals surface area contributed by atoms with Crippen LogP contribution in [0.25, 0.3) is 21.9 Å². The minimum Gasteiger partial charge on any atom is -0.382 e. The third kappa shape index (κ3) is 3.08. The number of aryl methyl sites for hydroxylation is 1. The van der Waals surface area contributed by atoms with Crippen molar-refractivity contribution in [3.8, 4) is 0 Å². The van der Waals surface area contributed by atoms with Crippen molar-refractivity contribution < 1.29 is 0 Å². The summed E-state index contributed by atoms with van der Waals surface area (Å²) in [6.45, 7) is 7.60. The highest BCUT2D eigenvalue weighted by Crippen LogP contribution is 2.30. The van der Waals surface area contributed by atoms with Gasteiger partial charge >= 0.3 is 5.69 Å². The lowest BCUT2D eigenvalue weighted by Gasteiger charge is -2.19. The molecule has 0 spiro atoms. The first kappa shape index (κ1) is 18.9. The largest absolute Gasteiger partial charge is 0.382 e. The Morgan fingerprint density at radius 1 is 1.17 bits per heavy atom. The Morgan fingerprint density at radius 3 is 2.70 bits per heavy atom. The number of para-hydroxylation sites is 1. The minimum absolute atomic E-state index is 0.129. The quantitative estimate of drug-likeness (QED) is 0.542. The molecule has 0 unspecified atom stereocenters. The summed E-state index contributed by atoms with van der Waals surface area (Å²) in [4.78, 5) is 22.8. The minimum atomic E-state index is -0.166. The summed E-state index contributed by atoms with van der Waals surface area (Å²) in [5.74, 6) is 0.351. The number of hydrogen-bond donors (Lipinski definition) is 2. The van der Waals surface area contributed by atoms with Crippen molar-refractivity contribution in [3.05, 3.63) is 69.6 Å². The fourth-order valence-corrected chi connectivity index (χ4v) is 4.71. The summed E-state index contributed by atoms with van der Waals surface area (Å²) in [6.07, 6.45) is 2.59. The summed E-state index contributed by atoms with van der Waals surface area (Å²) >= 11 is 0. The van der Waals surface area contributed by atoms with E-state index in [2.05, 4.69) is 46.9 Å². The molecule has 0 saturated carbocycles. The number of imidazole rings is 1. The van der Waals surface area contributed by atoms with Crippen molar-refractivity contribution in [3.63, 3.8) is 0 Å². The van der Waals surface area contributed by atoms with E-state index < -0.39 is 0 Å². The molecule has 1 fully saturated rings. The average molecular weight is 402 g/mol. The Labute approximate surface area is 175 Å². The number of nitrogens with one attached hydrogen (secondary N) is 1. The third-order valence-corrected chi connectivity index (χ3v) is 6.41. The highest BCUT2D eigenvalue weighted by molar-refractivity contribution is 6.06. The fourth-order valence-electron chi connectivity index (χ4n) is 4.71. The number of nitrogen functional groups attached to an aromatic ring is 1. The van der Waals surface area contributed by atoms with Gasteiger partial charge in [0.05, 0.1) is 17.1 Å². The van der Waals surface area contributed by atoms with Crippen LogP contribution < -0.4 is 11.4 Å². The topological polar surface area (TPSA) is 79.9 Å². The molecule has 2 aromatic heterocycles. The number of anilines is 1. The highest BCUT2D eigenvalue weighted by atomic mass is 16.1. The van der Waals surface area contributed by atoms with Crippen LogP contribution in [0.2, 0.25) is 0 Å². The van der Waals surface area contributed by atoms with Gasteiger partial charge in [0, 0.05) is 11.9 Å². The SMILES string of the molecule is Cc1cc([C@H](C)n2c(=O)[nH]c3c(N)nc4ccccc4c32)ccc1CN1CCCC1. The van der Waals surface area contributed by atoms with Crippen molar-refractivity contribution in [1.29, 1.82) is 0 Å². The molecule has 1 atom stereocenters. The van der Waals surface area contributed by atoms with Crippen LogP contribution in [-0.4, -0.2) is 32.5 Å². The van der Waals surface area contributed by atoms with Crippen molar-refractivity contribution in [1.82, 2.24) is 19.4 Å². The monoisotopic (exact) mass is 401 g/mol. The predicted molar refractivity (Wildman–Crippen MR) is 122 cm³/mol. The zero-order valence-electron chi connectivity index (χ0n) is 17.5. The predicted octanol–water partition coefficient (Wildman–Crippen LogP) is 3.97. The Morgan fingerprint density at radius 2 is 1.93 bits per heavy atom. The zero-order chi connectivity index (χ0) is 20.8. The van der Waals surface area contributed by atoms with E-state index in [9.17, 15) is 4.79 Å². The first-order valence-electron chi connectivity index (χ1n) is 10.6. The second kappa shape index (κ2) is 7.29. The third-order valence-electron chi connectivity index (χ3n) is 6.41. The van der Waals surface area contributed by atoms with E-state index in [1.807, 2.05) is 28.8 Å². The van der Waals surface area contributed by atoms with Crippen molar-refractivity contribution in [2.45, 2.75) is 39.3 Å². The van der Waals surface area contributed by atoms with Gasteiger partial charge in [0.15, 0.2) is 0 Å². The first-order valence-corrected chi connectivity index (χ1v) is 10.6. The smallest absolute Gasteiger partial charge is 0.327 e. The maximum Gasteiger partial charge on any atom is 0.327 e. The van der Waals surface area contributed by atoms with E-state index in [4.69, 9.17) is 5.73 Å². The van der Waals surface area contributed by atoms with E-state index in [1.54, 1.807) is 0 Å². The van der Waals surface area contributed by atoms with Crippen LogP contribution in [-0.2, 0) is 6.54 Å². The van der Waals surface area contributed by atoms with E-state index in [0.29, 0.717) is 11.3 Å². The van der Waals surface area contributed by atoms with Gasteiger partial charge in [0.1, 0.15) is 11.3 Å². The maximum absolute atomic E-state index is 12.9. The number of likely N-dealkylation sites (tertiary alicyclic amines) is 1. The van der Waals surface area contributed by atoms with Crippen LogP contribution in [0.5, 0.6) is 0 Å². The molecular weight excluding hydrogens is 374 g/mol. The summed E-state index contributed by atoms with van der Waals surface area (Å²) in [6, 6.07) is 14.3. The molecule has 154 valence electrons. The highest BCUT2D eigenvalue weighted by Gasteiger charge is 2.20. The first-order chi connectivity index (χ1) is 14.5. The van der Waals surface area contributed by atoms with Gasteiger partial charge in [-0.2, -0.15) is 0 Å². The van der Waals surface area contributed by atoms with Crippen LogP contribution in [0, 0.1) is 6.92 Å². The second-order valence-electron chi connectivity index (χ2n) is 8.38. The number of aromatic nitrogens is 3. The Bertz CT molecular complexity index is 1300. The van der Waals surface area contributed by atoms with Gasteiger partial charge in [0.2, 0.25) is 0 Å². The Kier molecular flexibility index (Phi) is 4.59. The van der Waals surface area contributed by atoms with E-state index in [0.717, 1.165) is 28.5 Å². The normalized spacial score (nSPS) is 15.9. The van der Waals surface area contributed by atoms with Crippen LogP contribution in [0.15, 0.2) is 47.3 Å². The van der Waals surface area contributed by atoms with Crippen LogP contribution in [0.3, 0.4) is 0 Å². The summed E-state index contributed by atoms with van der Waals surface area (Å²) in [5.41, 5.74) is 11.9. The lowest BCUT2D eigenvalue weighted by atomic mass is 10.0. The van der Waals surface area contributed by atoms with E-state index >= 15 is 0 Å². The molecule has 6 heteroatoms. The van der Waals surface area contributed by atoms with Gasteiger partial charge in [-0.05, 0) is 62.5 Å². The second-order valence-corrected chi connectivity index (χ2v) is 8.38. The molecular formula is C24H27N5O.